The number of rotatable bonds is 4. The zero-order valence-corrected chi connectivity index (χ0v) is 16.8. The van der Waals surface area contributed by atoms with Crippen LogP contribution in [0.25, 0.3) is 0 Å². The Bertz CT molecular complexity index is 1110. The Labute approximate surface area is 174 Å². The number of carbonyl (C=O) groups is 3. The average molecular weight is 402 g/mol. The van der Waals surface area contributed by atoms with E-state index in [0.29, 0.717) is 22.7 Å². The number of amides is 3. The molecular weight excluding hydrogens is 380 g/mol. The monoisotopic (exact) mass is 402 g/mol. The van der Waals surface area contributed by atoms with Crippen molar-refractivity contribution in [3.8, 4) is 5.75 Å². The first-order valence-electron chi connectivity index (χ1n) is 10.1. The summed E-state index contributed by atoms with van der Waals surface area (Å²) >= 11 is 0. The number of fused-ring (bicyclic) bond motifs is 5. The van der Waals surface area contributed by atoms with Crippen LogP contribution in [0.4, 0.5) is 11.4 Å². The van der Waals surface area contributed by atoms with Crippen LogP contribution < -0.4 is 15.0 Å². The van der Waals surface area contributed by atoms with Crippen LogP contribution in [0.2, 0.25) is 0 Å². The highest BCUT2D eigenvalue weighted by Crippen LogP contribution is 2.55. The zero-order valence-electron chi connectivity index (χ0n) is 16.8. The Morgan fingerprint density at radius 1 is 1.07 bits per heavy atom. The van der Waals surface area contributed by atoms with Crippen molar-refractivity contribution in [1.82, 2.24) is 0 Å². The molecule has 5 rings (SSSR count). The number of methoxy groups -OCH3 is 1. The summed E-state index contributed by atoms with van der Waals surface area (Å²) in [5, 5.41) is 2.83. The number of ether oxygens (including phenoxy) is 1. The Kier molecular flexibility index (Phi) is 4.24. The Morgan fingerprint density at radius 3 is 2.63 bits per heavy atom. The summed E-state index contributed by atoms with van der Waals surface area (Å²) in [6, 6.07) is 13.8. The molecule has 6 heteroatoms. The summed E-state index contributed by atoms with van der Waals surface area (Å²) in [4.78, 5) is 40.3. The van der Waals surface area contributed by atoms with Crippen LogP contribution in [-0.4, -0.2) is 24.8 Å². The lowest BCUT2D eigenvalue weighted by Gasteiger charge is -2.19. The van der Waals surface area contributed by atoms with Gasteiger partial charge in [-0.1, -0.05) is 23.8 Å². The molecule has 0 spiro atoms. The summed E-state index contributed by atoms with van der Waals surface area (Å²) in [7, 11) is 1.56. The molecule has 0 aromatic heterocycles. The number of imide groups is 1. The predicted octanol–water partition coefficient (Wildman–Crippen LogP) is 3.65. The molecule has 152 valence electrons. The maximum Gasteiger partial charge on any atom is 0.255 e. The Balaban J connectivity index is 1.40. The smallest absolute Gasteiger partial charge is 0.255 e. The molecule has 2 aliphatic carbocycles. The predicted molar refractivity (Wildman–Crippen MR) is 112 cm³/mol. The van der Waals surface area contributed by atoms with Gasteiger partial charge in [0.2, 0.25) is 11.8 Å². The van der Waals surface area contributed by atoms with Gasteiger partial charge >= 0.3 is 0 Å². The van der Waals surface area contributed by atoms with Crippen LogP contribution in [0.15, 0.2) is 60.2 Å². The van der Waals surface area contributed by atoms with Crippen molar-refractivity contribution in [2.45, 2.75) is 13.3 Å². The highest BCUT2D eigenvalue weighted by atomic mass is 16.5. The SMILES string of the molecule is COc1cccc(NC(=O)c2cccc(N3C(=O)[C@@H]4[C@H](C3=O)[C@H]3C=C(C)[C@H]4C3)c2)c1. The summed E-state index contributed by atoms with van der Waals surface area (Å²) in [5.41, 5.74) is 2.65. The van der Waals surface area contributed by atoms with Crippen molar-refractivity contribution >= 4 is 29.1 Å². The van der Waals surface area contributed by atoms with Gasteiger partial charge in [-0.05, 0) is 55.5 Å². The lowest BCUT2D eigenvalue weighted by molar-refractivity contribution is -0.123. The maximum absolute atomic E-state index is 13.1. The van der Waals surface area contributed by atoms with Gasteiger partial charge in [0.05, 0.1) is 24.6 Å². The molecular formula is C24H22N2O4. The minimum Gasteiger partial charge on any atom is -0.497 e. The van der Waals surface area contributed by atoms with Crippen LogP contribution in [0.5, 0.6) is 5.75 Å². The van der Waals surface area contributed by atoms with Crippen LogP contribution in [0.3, 0.4) is 0 Å². The number of nitrogens with zero attached hydrogens (tertiary/aromatic N) is 1. The van der Waals surface area contributed by atoms with E-state index in [4.69, 9.17) is 4.74 Å². The molecule has 30 heavy (non-hydrogen) atoms. The van der Waals surface area contributed by atoms with Gasteiger partial charge in [0.1, 0.15) is 5.75 Å². The molecule has 0 unspecified atom stereocenters. The van der Waals surface area contributed by atoms with Gasteiger partial charge in [-0.2, -0.15) is 0 Å². The fraction of sp³-hybridized carbons (Fsp3) is 0.292. The van der Waals surface area contributed by atoms with Gasteiger partial charge in [-0.15, -0.1) is 0 Å². The summed E-state index contributed by atoms with van der Waals surface area (Å²) < 4.78 is 5.18. The average Bonchev–Trinajstić information content (AvgIpc) is 3.38. The molecule has 1 heterocycles. The lowest BCUT2D eigenvalue weighted by Crippen LogP contribution is -2.33. The standard InChI is InChI=1S/C24H22N2O4/c1-13-9-15-11-19(13)21-20(15)23(28)26(24(21)29)17-7-3-5-14(10-17)22(27)25-16-6-4-8-18(12-16)30-2/h3-10,12,15,19-21H,11H2,1-2H3,(H,25,27)/t15-,19+,20+,21-/m0/s1. The molecule has 3 aliphatic rings. The fourth-order valence-electron chi connectivity index (χ4n) is 5.22. The lowest BCUT2D eigenvalue weighted by atomic mass is 9.82. The first-order valence-corrected chi connectivity index (χ1v) is 10.1. The van der Waals surface area contributed by atoms with Gasteiger partial charge in [-0.25, -0.2) is 4.90 Å². The molecule has 0 radical (unpaired) electrons. The summed E-state index contributed by atoms with van der Waals surface area (Å²) in [5.74, 6) is -0.173. The van der Waals surface area contributed by atoms with Gasteiger partial charge < -0.3 is 10.1 Å². The van der Waals surface area contributed by atoms with E-state index in [1.165, 1.54) is 10.5 Å². The number of carbonyl (C=O) groups excluding carboxylic acids is 3. The Hall–Kier alpha value is -3.41. The van der Waals surface area contributed by atoms with Crippen LogP contribution >= 0.6 is 0 Å². The maximum atomic E-state index is 13.1. The van der Waals surface area contributed by atoms with Crippen molar-refractivity contribution in [3.63, 3.8) is 0 Å². The third kappa shape index (κ3) is 2.75. The topological polar surface area (TPSA) is 75.7 Å². The van der Waals surface area contributed by atoms with Crippen LogP contribution in [0.1, 0.15) is 23.7 Å². The van der Waals surface area contributed by atoms with Crippen molar-refractivity contribution in [1.29, 1.82) is 0 Å². The molecule has 6 nitrogen and oxygen atoms in total. The van der Waals surface area contributed by atoms with E-state index in [2.05, 4.69) is 11.4 Å². The molecule has 3 amide bonds. The van der Waals surface area contributed by atoms with E-state index in [1.54, 1.807) is 55.6 Å². The van der Waals surface area contributed by atoms with Crippen molar-refractivity contribution in [2.75, 3.05) is 17.3 Å². The molecule has 4 atom stereocenters. The van der Waals surface area contributed by atoms with Gasteiger partial charge in [0.15, 0.2) is 0 Å². The van der Waals surface area contributed by atoms with E-state index in [9.17, 15) is 14.4 Å². The van der Waals surface area contributed by atoms with Gasteiger partial charge in [0.25, 0.3) is 5.91 Å². The summed E-state index contributed by atoms with van der Waals surface area (Å²) in [6.45, 7) is 2.05. The minimum atomic E-state index is -0.318. The number of allylic oxidation sites excluding steroid dienone is 2. The number of nitrogens with one attached hydrogen (secondary N) is 1. The van der Waals surface area contributed by atoms with Gasteiger partial charge in [0, 0.05) is 17.3 Å². The third-order valence-electron chi connectivity index (χ3n) is 6.57. The molecule has 1 saturated heterocycles. The van der Waals surface area contributed by atoms with Gasteiger partial charge in [-0.3, -0.25) is 14.4 Å². The second kappa shape index (κ2) is 6.83. The van der Waals surface area contributed by atoms with Crippen LogP contribution in [0, 0.1) is 23.7 Å². The molecule has 2 aromatic carbocycles. The van der Waals surface area contributed by atoms with E-state index < -0.39 is 0 Å². The quantitative estimate of drug-likeness (QED) is 0.626. The van der Waals surface area contributed by atoms with E-state index in [1.807, 2.05) is 6.92 Å². The minimum absolute atomic E-state index is 0.143. The van der Waals surface area contributed by atoms with Crippen molar-refractivity contribution in [2.24, 2.45) is 23.7 Å². The molecule has 1 aliphatic heterocycles. The number of hydrogen-bond acceptors (Lipinski definition) is 4. The van der Waals surface area contributed by atoms with Crippen molar-refractivity contribution < 1.29 is 19.1 Å². The second-order valence-electron chi connectivity index (χ2n) is 8.22. The molecule has 1 N–H and O–H groups in total. The molecule has 2 bridgehead atoms. The normalized spacial score (nSPS) is 26.6. The molecule has 2 fully saturated rings. The zero-order chi connectivity index (χ0) is 21.0. The largest absolute Gasteiger partial charge is 0.497 e. The second-order valence-corrected chi connectivity index (χ2v) is 8.22. The highest BCUT2D eigenvalue weighted by Gasteiger charge is 2.60. The van der Waals surface area contributed by atoms with E-state index >= 15 is 0 Å². The first-order chi connectivity index (χ1) is 14.5. The fourth-order valence-corrected chi connectivity index (χ4v) is 5.22. The molecule has 1 saturated carbocycles. The summed E-state index contributed by atoms with van der Waals surface area (Å²) in [6.07, 6.45) is 3.05. The first kappa shape index (κ1) is 18.6. The number of hydrogen-bond donors (Lipinski definition) is 1. The number of anilines is 2. The third-order valence-corrected chi connectivity index (χ3v) is 6.57. The van der Waals surface area contributed by atoms with Crippen LogP contribution in [-0.2, 0) is 9.59 Å². The van der Waals surface area contributed by atoms with E-state index in [-0.39, 0.29) is 41.4 Å². The molecule has 2 aromatic rings. The Morgan fingerprint density at radius 2 is 1.83 bits per heavy atom. The highest BCUT2D eigenvalue weighted by molar-refractivity contribution is 6.23. The van der Waals surface area contributed by atoms with Crippen molar-refractivity contribution in [3.05, 3.63) is 65.7 Å². The van der Waals surface area contributed by atoms with E-state index in [0.717, 1.165) is 6.42 Å². The number of benzene rings is 2.